The zero-order chi connectivity index (χ0) is 23.1. The zero-order valence-electron chi connectivity index (χ0n) is 18.6. The van der Waals surface area contributed by atoms with Crippen molar-refractivity contribution in [3.05, 3.63) is 97.1 Å². The molecule has 6 nitrogen and oxygen atoms in total. The molecule has 1 saturated heterocycles. The van der Waals surface area contributed by atoms with Crippen LogP contribution in [0.15, 0.2) is 85.8 Å². The summed E-state index contributed by atoms with van der Waals surface area (Å²) in [4.78, 5) is 36.6. The molecular weight excluding hydrogens is 412 g/mol. The Balaban J connectivity index is 1.68. The van der Waals surface area contributed by atoms with Crippen LogP contribution >= 0.6 is 0 Å². The molecule has 1 atom stereocenters. The highest BCUT2D eigenvalue weighted by atomic mass is 16.2. The van der Waals surface area contributed by atoms with Crippen LogP contribution in [0, 0.1) is 5.41 Å². The van der Waals surface area contributed by atoms with E-state index in [9.17, 15) is 9.59 Å². The number of rotatable bonds is 7. The van der Waals surface area contributed by atoms with Crippen LogP contribution in [0.25, 0.3) is 11.1 Å². The van der Waals surface area contributed by atoms with Gasteiger partial charge in [-0.15, -0.1) is 6.58 Å². The first-order valence-corrected chi connectivity index (χ1v) is 11.2. The summed E-state index contributed by atoms with van der Waals surface area (Å²) >= 11 is 0. The molecule has 0 radical (unpaired) electrons. The number of likely N-dealkylation sites (tertiary alicyclic amines) is 1. The maximum atomic E-state index is 13.5. The molecule has 33 heavy (non-hydrogen) atoms. The van der Waals surface area contributed by atoms with Gasteiger partial charge in [-0.05, 0) is 36.0 Å². The first kappa shape index (κ1) is 22.4. The fourth-order valence-electron chi connectivity index (χ4n) is 4.58. The van der Waals surface area contributed by atoms with Gasteiger partial charge in [-0.1, -0.05) is 60.7 Å². The number of carbonyl (C=O) groups is 2. The third-order valence-corrected chi connectivity index (χ3v) is 6.17. The molecule has 1 N–H and O–H groups in total. The van der Waals surface area contributed by atoms with E-state index in [0.29, 0.717) is 38.2 Å². The number of benzene rings is 2. The smallest absolute Gasteiger partial charge is 0.274 e. The Hall–Kier alpha value is -3.80. The quantitative estimate of drug-likeness (QED) is 0.565. The summed E-state index contributed by atoms with van der Waals surface area (Å²) in [6.45, 7) is 5.03. The van der Waals surface area contributed by atoms with Gasteiger partial charge in [0.05, 0.1) is 11.6 Å². The lowest BCUT2D eigenvalue weighted by atomic mass is 9.73. The molecular formula is C27H28N4O2. The molecule has 0 spiro atoms. The van der Waals surface area contributed by atoms with Gasteiger partial charge in [-0.25, -0.2) is 4.98 Å². The average molecular weight is 441 g/mol. The molecule has 6 heteroatoms. The molecule has 1 aliphatic heterocycles. The van der Waals surface area contributed by atoms with E-state index in [4.69, 9.17) is 0 Å². The average Bonchev–Trinajstić information content (AvgIpc) is 2.88. The summed E-state index contributed by atoms with van der Waals surface area (Å²) in [5, 5.41) is 3.00. The first-order chi connectivity index (χ1) is 16.1. The molecule has 1 aliphatic rings. The van der Waals surface area contributed by atoms with Gasteiger partial charge in [0.15, 0.2) is 0 Å². The third kappa shape index (κ3) is 5.00. The fourth-order valence-corrected chi connectivity index (χ4v) is 4.58. The summed E-state index contributed by atoms with van der Waals surface area (Å²) in [7, 11) is 0. The predicted octanol–water partition coefficient (Wildman–Crippen LogP) is 3.91. The number of nitrogens with one attached hydrogen (secondary N) is 1. The molecule has 2 aromatic carbocycles. The van der Waals surface area contributed by atoms with Crippen molar-refractivity contribution in [1.29, 1.82) is 0 Å². The molecule has 2 amide bonds. The monoisotopic (exact) mass is 440 g/mol. The Kier molecular flexibility index (Phi) is 6.93. The van der Waals surface area contributed by atoms with Crippen molar-refractivity contribution in [1.82, 2.24) is 20.2 Å². The molecule has 4 rings (SSSR count). The lowest BCUT2D eigenvalue weighted by Gasteiger charge is -2.42. The minimum Gasteiger partial charge on any atom is -0.352 e. The second-order valence-electron chi connectivity index (χ2n) is 8.40. The van der Waals surface area contributed by atoms with E-state index in [0.717, 1.165) is 23.1 Å². The van der Waals surface area contributed by atoms with Gasteiger partial charge < -0.3 is 10.2 Å². The van der Waals surface area contributed by atoms with Gasteiger partial charge in [0.1, 0.15) is 5.69 Å². The van der Waals surface area contributed by atoms with Crippen LogP contribution in [0.5, 0.6) is 0 Å². The molecule has 0 bridgehead atoms. The third-order valence-electron chi connectivity index (χ3n) is 6.17. The van der Waals surface area contributed by atoms with E-state index in [1.165, 1.54) is 12.4 Å². The Morgan fingerprint density at radius 1 is 1.09 bits per heavy atom. The van der Waals surface area contributed by atoms with E-state index >= 15 is 0 Å². The van der Waals surface area contributed by atoms with Crippen LogP contribution in [-0.2, 0) is 11.2 Å². The van der Waals surface area contributed by atoms with Gasteiger partial charge in [0, 0.05) is 32.0 Å². The minimum absolute atomic E-state index is 0.0538. The van der Waals surface area contributed by atoms with E-state index in [-0.39, 0.29) is 11.8 Å². The number of aromatic nitrogens is 2. The second-order valence-corrected chi connectivity index (χ2v) is 8.40. The van der Waals surface area contributed by atoms with Gasteiger partial charge in [0.2, 0.25) is 5.91 Å². The molecule has 0 aliphatic carbocycles. The standard InChI is InChI=1S/C27H28N4O2/c1-2-14-30-26(33)27(13-8-17-31(20-27)25(32)24-19-28-15-16-29-24)18-22-11-6-7-12-23(22)21-9-4-3-5-10-21/h2-7,9-12,15-16,19H,1,8,13-14,17-18,20H2,(H,30,33)/t27-/m1/s1. The molecule has 168 valence electrons. The van der Waals surface area contributed by atoms with Crippen molar-refractivity contribution in [3.63, 3.8) is 0 Å². The van der Waals surface area contributed by atoms with Crippen molar-refractivity contribution >= 4 is 11.8 Å². The van der Waals surface area contributed by atoms with Crippen molar-refractivity contribution in [2.24, 2.45) is 5.41 Å². The number of hydrogen-bond acceptors (Lipinski definition) is 4. The summed E-state index contributed by atoms with van der Waals surface area (Å²) in [5.74, 6) is -0.248. The maximum absolute atomic E-state index is 13.5. The minimum atomic E-state index is -0.746. The Morgan fingerprint density at radius 3 is 2.64 bits per heavy atom. The SMILES string of the molecule is C=CCNC(=O)[C@@]1(Cc2ccccc2-c2ccccc2)CCCN(C(=O)c2cnccn2)C1. The van der Waals surface area contributed by atoms with Gasteiger partial charge in [0.25, 0.3) is 5.91 Å². The van der Waals surface area contributed by atoms with Gasteiger partial charge in [-0.3, -0.25) is 14.6 Å². The number of carbonyl (C=O) groups excluding carboxylic acids is 2. The Morgan fingerprint density at radius 2 is 1.88 bits per heavy atom. The largest absolute Gasteiger partial charge is 0.352 e. The number of amides is 2. The predicted molar refractivity (Wildman–Crippen MR) is 128 cm³/mol. The highest BCUT2D eigenvalue weighted by Crippen LogP contribution is 2.37. The van der Waals surface area contributed by atoms with E-state index in [2.05, 4.69) is 46.1 Å². The molecule has 0 unspecified atom stereocenters. The lowest BCUT2D eigenvalue weighted by Crippen LogP contribution is -2.54. The molecule has 0 saturated carbocycles. The van der Waals surface area contributed by atoms with Crippen LogP contribution in [-0.4, -0.2) is 46.3 Å². The van der Waals surface area contributed by atoms with Crippen LogP contribution < -0.4 is 5.32 Å². The molecule has 2 heterocycles. The van der Waals surface area contributed by atoms with E-state index in [1.54, 1.807) is 17.2 Å². The van der Waals surface area contributed by atoms with Crippen LogP contribution in [0.3, 0.4) is 0 Å². The fraction of sp³-hybridized carbons (Fsp3) is 0.259. The van der Waals surface area contributed by atoms with Crippen LogP contribution in [0.1, 0.15) is 28.9 Å². The maximum Gasteiger partial charge on any atom is 0.274 e. The lowest BCUT2D eigenvalue weighted by molar-refractivity contribution is -0.133. The summed E-state index contributed by atoms with van der Waals surface area (Å²) in [6.07, 6.45) is 8.17. The van der Waals surface area contributed by atoms with Crippen LogP contribution in [0.4, 0.5) is 0 Å². The van der Waals surface area contributed by atoms with Gasteiger partial charge in [-0.2, -0.15) is 0 Å². The summed E-state index contributed by atoms with van der Waals surface area (Å²) < 4.78 is 0. The molecule has 3 aromatic rings. The van der Waals surface area contributed by atoms with E-state index < -0.39 is 5.41 Å². The second kappa shape index (κ2) is 10.2. The van der Waals surface area contributed by atoms with Crippen molar-refractivity contribution < 1.29 is 9.59 Å². The van der Waals surface area contributed by atoms with Crippen molar-refractivity contribution in [3.8, 4) is 11.1 Å². The summed E-state index contributed by atoms with van der Waals surface area (Å²) in [6, 6.07) is 18.4. The zero-order valence-corrected chi connectivity index (χ0v) is 18.6. The first-order valence-electron chi connectivity index (χ1n) is 11.2. The normalized spacial score (nSPS) is 17.9. The number of piperidine rings is 1. The van der Waals surface area contributed by atoms with E-state index in [1.807, 2.05) is 30.3 Å². The highest BCUT2D eigenvalue weighted by Gasteiger charge is 2.44. The number of hydrogen-bond donors (Lipinski definition) is 1. The molecule has 1 aromatic heterocycles. The van der Waals surface area contributed by atoms with Crippen LogP contribution in [0.2, 0.25) is 0 Å². The van der Waals surface area contributed by atoms with Gasteiger partial charge >= 0.3 is 0 Å². The highest BCUT2D eigenvalue weighted by molar-refractivity contribution is 5.93. The Bertz CT molecular complexity index is 1120. The number of nitrogens with zero attached hydrogens (tertiary/aromatic N) is 3. The summed E-state index contributed by atoms with van der Waals surface area (Å²) in [5.41, 5.74) is 2.85. The van der Waals surface area contributed by atoms with Crippen molar-refractivity contribution in [2.75, 3.05) is 19.6 Å². The Labute approximate surface area is 194 Å². The topological polar surface area (TPSA) is 75.2 Å². The molecule has 1 fully saturated rings. The van der Waals surface area contributed by atoms with Crippen molar-refractivity contribution in [2.45, 2.75) is 19.3 Å².